The Morgan fingerprint density at radius 3 is 2.57 bits per heavy atom. The Labute approximate surface area is 138 Å². The van der Waals surface area contributed by atoms with Crippen molar-refractivity contribution in [1.82, 2.24) is 4.90 Å². The zero-order valence-corrected chi connectivity index (χ0v) is 14.3. The fourth-order valence-corrected chi connectivity index (χ4v) is 3.66. The van der Waals surface area contributed by atoms with Crippen LogP contribution in [0, 0.1) is 5.41 Å². The molecule has 0 radical (unpaired) electrons. The number of methoxy groups -OCH3 is 1. The standard InChI is InChI=1S/C17H29NO5/c1-3-14(23-13-7-5-4-6-8-13)15(19)18-10-9-17(11-18,12-22-2)16(20)21/h13-14H,3-12H2,1-2H3,(H,20,21). The van der Waals surface area contributed by atoms with Gasteiger partial charge in [0.2, 0.25) is 0 Å². The van der Waals surface area contributed by atoms with Gasteiger partial charge in [0.1, 0.15) is 11.5 Å². The molecule has 23 heavy (non-hydrogen) atoms. The lowest BCUT2D eigenvalue weighted by Gasteiger charge is -2.30. The van der Waals surface area contributed by atoms with E-state index < -0.39 is 17.5 Å². The Kier molecular flexibility index (Phi) is 6.41. The molecule has 0 aromatic rings. The van der Waals surface area contributed by atoms with E-state index in [9.17, 15) is 14.7 Å². The van der Waals surface area contributed by atoms with Gasteiger partial charge in [-0.05, 0) is 25.7 Å². The first-order valence-electron chi connectivity index (χ1n) is 8.69. The van der Waals surface area contributed by atoms with Crippen molar-refractivity contribution >= 4 is 11.9 Å². The largest absolute Gasteiger partial charge is 0.481 e. The maximum atomic E-state index is 12.7. The van der Waals surface area contributed by atoms with Gasteiger partial charge < -0.3 is 19.5 Å². The summed E-state index contributed by atoms with van der Waals surface area (Å²) in [6.07, 6.45) is 6.38. The van der Waals surface area contributed by atoms with Gasteiger partial charge in [0.25, 0.3) is 5.91 Å². The summed E-state index contributed by atoms with van der Waals surface area (Å²) in [5, 5.41) is 9.50. The van der Waals surface area contributed by atoms with Crippen molar-refractivity contribution in [3.8, 4) is 0 Å². The van der Waals surface area contributed by atoms with Gasteiger partial charge in [0.05, 0.1) is 12.7 Å². The Hall–Kier alpha value is -1.14. The van der Waals surface area contributed by atoms with Crippen LogP contribution in [-0.2, 0) is 19.1 Å². The van der Waals surface area contributed by atoms with Crippen LogP contribution in [0.25, 0.3) is 0 Å². The highest BCUT2D eigenvalue weighted by molar-refractivity contribution is 5.83. The molecule has 0 spiro atoms. The molecule has 132 valence electrons. The topological polar surface area (TPSA) is 76.1 Å². The van der Waals surface area contributed by atoms with Crippen LogP contribution in [0.2, 0.25) is 0 Å². The van der Waals surface area contributed by atoms with E-state index in [0.29, 0.717) is 19.4 Å². The van der Waals surface area contributed by atoms with Crippen LogP contribution in [0.15, 0.2) is 0 Å². The lowest BCUT2D eigenvalue weighted by atomic mass is 9.88. The van der Waals surface area contributed by atoms with Crippen molar-refractivity contribution < 1.29 is 24.2 Å². The quantitative estimate of drug-likeness (QED) is 0.774. The van der Waals surface area contributed by atoms with E-state index in [1.165, 1.54) is 13.5 Å². The van der Waals surface area contributed by atoms with E-state index >= 15 is 0 Å². The van der Waals surface area contributed by atoms with Crippen molar-refractivity contribution in [3.63, 3.8) is 0 Å². The highest BCUT2D eigenvalue weighted by atomic mass is 16.5. The fraction of sp³-hybridized carbons (Fsp3) is 0.882. The normalized spacial score (nSPS) is 27.1. The highest BCUT2D eigenvalue weighted by Crippen LogP contribution is 2.32. The number of hydrogen-bond donors (Lipinski definition) is 1. The molecule has 1 saturated heterocycles. The number of likely N-dealkylation sites (tertiary alicyclic amines) is 1. The smallest absolute Gasteiger partial charge is 0.313 e. The number of carbonyl (C=O) groups excluding carboxylic acids is 1. The molecular weight excluding hydrogens is 298 g/mol. The Bertz CT molecular complexity index is 421. The zero-order valence-electron chi connectivity index (χ0n) is 14.3. The molecule has 0 bridgehead atoms. The third kappa shape index (κ3) is 4.23. The molecule has 2 fully saturated rings. The average Bonchev–Trinajstić information content (AvgIpc) is 2.99. The minimum Gasteiger partial charge on any atom is -0.481 e. The summed E-state index contributed by atoms with van der Waals surface area (Å²) in [5.41, 5.74) is -0.979. The summed E-state index contributed by atoms with van der Waals surface area (Å²) >= 11 is 0. The van der Waals surface area contributed by atoms with Gasteiger partial charge in [-0.2, -0.15) is 0 Å². The number of nitrogens with zero attached hydrogens (tertiary/aromatic N) is 1. The minimum absolute atomic E-state index is 0.0719. The van der Waals surface area contributed by atoms with Gasteiger partial charge in [-0.25, -0.2) is 0 Å². The SMILES string of the molecule is CCC(OC1CCCCC1)C(=O)N1CCC(COC)(C(=O)O)C1. The monoisotopic (exact) mass is 327 g/mol. The van der Waals surface area contributed by atoms with E-state index in [1.54, 1.807) is 4.90 Å². The van der Waals surface area contributed by atoms with E-state index in [2.05, 4.69) is 0 Å². The second-order valence-electron chi connectivity index (χ2n) is 6.82. The van der Waals surface area contributed by atoms with Crippen LogP contribution in [-0.4, -0.2) is 60.9 Å². The average molecular weight is 327 g/mol. The molecule has 2 rings (SSSR count). The number of carboxylic acid groups (broad SMARTS) is 1. The van der Waals surface area contributed by atoms with Gasteiger partial charge in [0.15, 0.2) is 0 Å². The first kappa shape index (κ1) is 18.2. The molecule has 0 aromatic carbocycles. The van der Waals surface area contributed by atoms with E-state index in [4.69, 9.17) is 9.47 Å². The van der Waals surface area contributed by atoms with Crippen LogP contribution >= 0.6 is 0 Å². The molecule has 2 unspecified atom stereocenters. The molecule has 2 atom stereocenters. The first-order valence-corrected chi connectivity index (χ1v) is 8.69. The van der Waals surface area contributed by atoms with Crippen molar-refractivity contribution in [2.75, 3.05) is 26.8 Å². The molecule has 0 aromatic heterocycles. The molecule has 6 heteroatoms. The van der Waals surface area contributed by atoms with Crippen LogP contribution in [0.3, 0.4) is 0 Å². The van der Waals surface area contributed by atoms with Gasteiger partial charge in [-0.1, -0.05) is 26.2 Å². The summed E-state index contributed by atoms with van der Waals surface area (Å²) in [4.78, 5) is 26.0. The predicted molar refractivity (Wildman–Crippen MR) is 85.2 cm³/mol. The lowest BCUT2D eigenvalue weighted by molar-refractivity contribution is -0.154. The predicted octanol–water partition coefficient (Wildman–Crippen LogP) is 2.06. The number of rotatable bonds is 7. The van der Waals surface area contributed by atoms with E-state index in [-0.39, 0.29) is 25.2 Å². The maximum absolute atomic E-state index is 12.7. The van der Waals surface area contributed by atoms with Crippen molar-refractivity contribution in [2.45, 2.75) is 64.1 Å². The Morgan fingerprint density at radius 2 is 2.00 bits per heavy atom. The molecule has 1 heterocycles. The third-order valence-corrected chi connectivity index (χ3v) is 5.09. The van der Waals surface area contributed by atoms with Crippen molar-refractivity contribution in [1.29, 1.82) is 0 Å². The Balaban J connectivity index is 1.96. The minimum atomic E-state index is -0.979. The van der Waals surface area contributed by atoms with Crippen LogP contribution in [0.5, 0.6) is 0 Å². The van der Waals surface area contributed by atoms with Crippen LogP contribution < -0.4 is 0 Å². The number of amides is 1. The number of carboxylic acids is 1. The Morgan fingerprint density at radius 1 is 1.30 bits per heavy atom. The number of hydrogen-bond acceptors (Lipinski definition) is 4. The molecule has 2 aliphatic rings. The van der Waals surface area contributed by atoms with Crippen LogP contribution in [0.4, 0.5) is 0 Å². The summed E-state index contributed by atoms with van der Waals surface area (Å²) < 4.78 is 11.1. The lowest BCUT2D eigenvalue weighted by Crippen LogP contribution is -2.44. The molecule has 1 saturated carbocycles. The van der Waals surface area contributed by atoms with Gasteiger partial charge in [-0.15, -0.1) is 0 Å². The number of carbonyl (C=O) groups is 2. The second kappa shape index (κ2) is 8.11. The molecule has 1 aliphatic carbocycles. The molecule has 6 nitrogen and oxygen atoms in total. The first-order chi connectivity index (χ1) is 11.0. The summed E-state index contributed by atoms with van der Waals surface area (Å²) in [5.74, 6) is -0.965. The summed E-state index contributed by atoms with van der Waals surface area (Å²) in [6, 6.07) is 0. The van der Waals surface area contributed by atoms with Crippen LogP contribution in [0.1, 0.15) is 51.9 Å². The fourth-order valence-electron chi connectivity index (χ4n) is 3.66. The summed E-state index contributed by atoms with van der Waals surface area (Å²) in [6.45, 7) is 2.74. The van der Waals surface area contributed by atoms with Gasteiger partial charge >= 0.3 is 5.97 Å². The van der Waals surface area contributed by atoms with E-state index in [1.807, 2.05) is 6.92 Å². The molecular formula is C17H29NO5. The third-order valence-electron chi connectivity index (χ3n) is 5.09. The summed E-state index contributed by atoms with van der Waals surface area (Å²) in [7, 11) is 1.50. The number of ether oxygens (including phenoxy) is 2. The van der Waals surface area contributed by atoms with Crippen molar-refractivity contribution in [3.05, 3.63) is 0 Å². The van der Waals surface area contributed by atoms with Gasteiger partial charge in [-0.3, -0.25) is 9.59 Å². The second-order valence-corrected chi connectivity index (χ2v) is 6.82. The van der Waals surface area contributed by atoms with Gasteiger partial charge in [0, 0.05) is 20.2 Å². The maximum Gasteiger partial charge on any atom is 0.313 e. The van der Waals surface area contributed by atoms with Crippen molar-refractivity contribution in [2.24, 2.45) is 5.41 Å². The zero-order chi connectivity index (χ0) is 16.9. The molecule has 1 aliphatic heterocycles. The molecule has 1 N–H and O–H groups in total. The van der Waals surface area contributed by atoms with E-state index in [0.717, 1.165) is 25.7 Å². The number of aliphatic carboxylic acids is 1. The highest BCUT2D eigenvalue weighted by Gasteiger charge is 2.47. The molecule has 1 amide bonds.